The van der Waals surface area contributed by atoms with Crippen LogP contribution in [0.3, 0.4) is 0 Å². The number of aliphatic hydroxyl groups excluding tert-OH is 1. The number of hydrogen-bond acceptors (Lipinski definition) is 9. The fraction of sp³-hybridized carbons (Fsp3) is 0.654. The number of piperazine rings is 1. The number of rotatable bonds is 9. The first kappa shape index (κ1) is 28.2. The van der Waals surface area contributed by atoms with E-state index in [1.54, 1.807) is 0 Å². The summed E-state index contributed by atoms with van der Waals surface area (Å²) in [5, 5.41) is 10.2. The number of hydrogen-bond donors (Lipinski definition) is 3. The molecule has 4 aliphatic rings. The minimum atomic E-state index is -4.88. The zero-order chi connectivity index (χ0) is 27.7. The van der Waals surface area contributed by atoms with Crippen molar-refractivity contribution in [1.29, 1.82) is 0 Å². The maximum absolute atomic E-state index is 12.9. The summed E-state index contributed by atoms with van der Waals surface area (Å²) in [7, 11) is -4.88. The van der Waals surface area contributed by atoms with Gasteiger partial charge in [-0.3, -0.25) is 28.7 Å². The average molecular weight is 566 g/mol. The van der Waals surface area contributed by atoms with Crippen molar-refractivity contribution in [1.82, 2.24) is 9.80 Å². The molecule has 2 amide bonds. The van der Waals surface area contributed by atoms with Crippen molar-refractivity contribution in [2.24, 2.45) is 11.8 Å². The van der Waals surface area contributed by atoms with Crippen molar-refractivity contribution >= 4 is 31.1 Å². The molecule has 3 N–H and O–H groups in total. The fourth-order valence-corrected chi connectivity index (χ4v) is 6.85. The van der Waals surface area contributed by atoms with Gasteiger partial charge in [0.05, 0.1) is 48.9 Å². The predicted molar refractivity (Wildman–Crippen MR) is 139 cm³/mol. The van der Waals surface area contributed by atoms with E-state index in [-0.39, 0.29) is 37.8 Å². The lowest BCUT2D eigenvalue weighted by atomic mass is 9.78. The van der Waals surface area contributed by atoms with Crippen molar-refractivity contribution in [3.05, 3.63) is 24.3 Å². The number of carbonyl (C=O) groups excluding carboxylic acids is 3. The standard InChI is InChI=1S/C26H36N3O9P/c30-17(16-29-25(32)19-13-22(31)24(38-39(34,35)36)14-20(19)26(29)33)15-27-9-11-28(12-10-27)21-7-3-4-8-23(21)37-18-5-1-2-6-18/h3-4,7-8,18-20,22,24,31H,1-2,5-6,9-16H2,(H2,34,35,36). The van der Waals surface area contributed by atoms with Gasteiger partial charge >= 0.3 is 7.82 Å². The molecule has 4 fully saturated rings. The van der Waals surface area contributed by atoms with E-state index in [1.807, 2.05) is 23.1 Å². The van der Waals surface area contributed by atoms with Crippen molar-refractivity contribution in [3.63, 3.8) is 0 Å². The summed E-state index contributed by atoms with van der Waals surface area (Å²) in [6.07, 6.45) is 1.91. The lowest BCUT2D eigenvalue weighted by Crippen LogP contribution is -2.49. The molecule has 12 nitrogen and oxygen atoms in total. The number of Topliss-reactive ketones (excluding diaryl/α,β-unsaturated/α-hetero) is 1. The monoisotopic (exact) mass is 565 g/mol. The molecule has 2 saturated heterocycles. The number of phosphoric acid groups is 1. The molecule has 4 atom stereocenters. The van der Waals surface area contributed by atoms with Crippen LogP contribution in [0.4, 0.5) is 5.69 Å². The molecule has 2 saturated carbocycles. The second-order valence-corrected chi connectivity index (χ2v) is 12.1. The Bertz CT molecular complexity index is 1130. The van der Waals surface area contributed by atoms with E-state index in [1.165, 1.54) is 12.8 Å². The maximum Gasteiger partial charge on any atom is 0.469 e. The van der Waals surface area contributed by atoms with Crippen LogP contribution in [0.15, 0.2) is 24.3 Å². The molecule has 5 rings (SSSR count). The lowest BCUT2D eigenvalue weighted by Gasteiger charge is -2.36. The van der Waals surface area contributed by atoms with Crippen LogP contribution < -0.4 is 9.64 Å². The van der Waals surface area contributed by atoms with Crippen LogP contribution in [0, 0.1) is 11.8 Å². The second-order valence-electron chi connectivity index (χ2n) is 10.9. The molecule has 4 unspecified atom stereocenters. The van der Waals surface area contributed by atoms with Gasteiger partial charge in [-0.2, -0.15) is 0 Å². The van der Waals surface area contributed by atoms with Gasteiger partial charge in [0.15, 0.2) is 5.78 Å². The van der Waals surface area contributed by atoms with Gasteiger partial charge in [0.2, 0.25) is 11.8 Å². The predicted octanol–water partition coefficient (Wildman–Crippen LogP) is 0.933. The Balaban J connectivity index is 1.13. The Morgan fingerprint density at radius 2 is 1.59 bits per heavy atom. The number of ether oxygens (including phenoxy) is 1. The normalized spacial score (nSPS) is 28.7. The number of para-hydroxylation sites is 2. The van der Waals surface area contributed by atoms with E-state index in [4.69, 9.17) is 14.5 Å². The molecule has 2 aliphatic carbocycles. The summed E-state index contributed by atoms with van der Waals surface area (Å²) in [5.41, 5.74) is 1.05. The van der Waals surface area contributed by atoms with Crippen LogP contribution in [-0.4, -0.2) is 99.9 Å². The number of amides is 2. The molecule has 214 valence electrons. The molecule has 1 aromatic rings. The lowest BCUT2D eigenvalue weighted by molar-refractivity contribution is -0.143. The molecule has 39 heavy (non-hydrogen) atoms. The molecule has 1 aromatic carbocycles. The third-order valence-electron chi connectivity index (χ3n) is 8.24. The first-order valence-corrected chi connectivity index (χ1v) is 15.1. The van der Waals surface area contributed by atoms with Gasteiger partial charge in [-0.25, -0.2) is 4.57 Å². The maximum atomic E-state index is 12.9. The van der Waals surface area contributed by atoms with E-state index in [0.29, 0.717) is 26.2 Å². The first-order valence-electron chi connectivity index (χ1n) is 13.6. The molecule has 0 radical (unpaired) electrons. The molecule has 13 heteroatoms. The van der Waals surface area contributed by atoms with Gasteiger partial charge in [0, 0.05) is 26.2 Å². The number of ketones is 1. The van der Waals surface area contributed by atoms with Gasteiger partial charge in [-0.05, 0) is 50.7 Å². The van der Waals surface area contributed by atoms with E-state index < -0.39 is 43.7 Å². The highest BCUT2D eigenvalue weighted by molar-refractivity contribution is 7.46. The minimum absolute atomic E-state index is 0.104. The number of phosphoric ester groups is 1. The van der Waals surface area contributed by atoms with Crippen molar-refractivity contribution in [2.75, 3.05) is 44.2 Å². The highest BCUT2D eigenvalue weighted by atomic mass is 31.2. The van der Waals surface area contributed by atoms with Gasteiger partial charge in [-0.15, -0.1) is 0 Å². The van der Waals surface area contributed by atoms with Gasteiger partial charge in [0.1, 0.15) is 5.75 Å². The number of fused-ring (bicyclic) bond motifs is 1. The Morgan fingerprint density at radius 3 is 2.26 bits per heavy atom. The molecule has 0 bridgehead atoms. The SMILES string of the molecule is O=C(CN1CCN(c2ccccc2OC2CCCC2)CC1)CN1C(=O)C2CC(O)C(OP(=O)(O)O)CC2C1=O. The number of carbonyl (C=O) groups is 3. The zero-order valence-corrected chi connectivity index (χ0v) is 22.7. The summed E-state index contributed by atoms with van der Waals surface area (Å²) in [6, 6.07) is 8.03. The van der Waals surface area contributed by atoms with Crippen LogP contribution in [0.2, 0.25) is 0 Å². The number of imide groups is 1. The fourth-order valence-electron chi connectivity index (χ4n) is 6.27. The Hall–Kier alpha value is -2.34. The number of likely N-dealkylation sites (tertiary alicyclic amines) is 1. The number of benzene rings is 1. The number of nitrogens with zero attached hydrogens (tertiary/aromatic N) is 3. The summed E-state index contributed by atoms with van der Waals surface area (Å²) >= 11 is 0. The smallest absolute Gasteiger partial charge is 0.469 e. The molecular weight excluding hydrogens is 529 g/mol. The summed E-state index contributed by atoms with van der Waals surface area (Å²) in [4.78, 5) is 62.1. The third-order valence-corrected chi connectivity index (χ3v) is 8.79. The van der Waals surface area contributed by atoms with Gasteiger partial charge in [-0.1, -0.05) is 12.1 Å². The van der Waals surface area contributed by atoms with Crippen molar-refractivity contribution in [2.45, 2.75) is 56.8 Å². The van der Waals surface area contributed by atoms with Crippen LogP contribution in [0.5, 0.6) is 5.75 Å². The summed E-state index contributed by atoms with van der Waals surface area (Å²) < 4.78 is 22.1. The first-order chi connectivity index (χ1) is 18.6. The summed E-state index contributed by atoms with van der Waals surface area (Å²) in [6.45, 7) is 2.45. The van der Waals surface area contributed by atoms with Crippen molar-refractivity contribution in [3.8, 4) is 5.75 Å². The molecule has 2 heterocycles. The molecule has 2 aliphatic heterocycles. The van der Waals surface area contributed by atoms with Crippen LogP contribution >= 0.6 is 7.82 Å². The van der Waals surface area contributed by atoms with E-state index >= 15 is 0 Å². The molecule has 0 spiro atoms. The van der Waals surface area contributed by atoms with Crippen molar-refractivity contribution < 1.29 is 43.1 Å². The summed E-state index contributed by atoms with van der Waals surface area (Å²) in [5.74, 6) is -2.17. The number of anilines is 1. The van der Waals surface area contributed by atoms with Crippen LogP contribution in [0.25, 0.3) is 0 Å². The van der Waals surface area contributed by atoms with E-state index in [0.717, 1.165) is 29.2 Å². The number of aliphatic hydroxyl groups is 1. The van der Waals surface area contributed by atoms with Gasteiger partial charge in [0.25, 0.3) is 0 Å². The third kappa shape index (κ3) is 6.53. The average Bonchev–Trinajstić information content (AvgIpc) is 3.47. The quantitative estimate of drug-likeness (QED) is 0.289. The van der Waals surface area contributed by atoms with Crippen LogP contribution in [0.1, 0.15) is 38.5 Å². The molecule has 0 aromatic heterocycles. The zero-order valence-electron chi connectivity index (χ0n) is 21.8. The Kier molecular flexibility index (Phi) is 8.42. The van der Waals surface area contributed by atoms with E-state index in [2.05, 4.69) is 15.5 Å². The molecular formula is C26H36N3O9P. The topological polar surface area (TPSA) is 157 Å². The largest absolute Gasteiger partial charge is 0.488 e. The Labute approximate surface area is 227 Å². The van der Waals surface area contributed by atoms with E-state index in [9.17, 15) is 24.1 Å². The highest BCUT2D eigenvalue weighted by Gasteiger charge is 2.53. The Morgan fingerprint density at radius 1 is 0.949 bits per heavy atom. The minimum Gasteiger partial charge on any atom is -0.488 e. The van der Waals surface area contributed by atoms with Crippen LogP contribution in [-0.2, 0) is 23.5 Å². The highest BCUT2D eigenvalue weighted by Crippen LogP contribution is 2.45. The second kappa shape index (κ2) is 11.6. The van der Waals surface area contributed by atoms with Gasteiger partial charge < -0.3 is 24.5 Å².